The molecular formula is C57H100O6. The van der Waals surface area contributed by atoms with Crippen LogP contribution in [0, 0.1) is 0 Å². The first kappa shape index (κ1) is 60.1. The van der Waals surface area contributed by atoms with Crippen LogP contribution >= 0.6 is 0 Å². The molecule has 0 N–H and O–H groups in total. The number of hydrogen-bond donors (Lipinski definition) is 0. The van der Waals surface area contributed by atoms with Crippen molar-refractivity contribution in [2.45, 2.75) is 271 Å². The molecule has 0 aliphatic carbocycles. The van der Waals surface area contributed by atoms with Crippen LogP contribution in [0.5, 0.6) is 0 Å². The molecule has 0 bridgehead atoms. The van der Waals surface area contributed by atoms with E-state index in [0.717, 1.165) is 89.9 Å². The van der Waals surface area contributed by atoms with Gasteiger partial charge in [0.05, 0.1) is 0 Å². The molecule has 364 valence electrons. The number of rotatable bonds is 48. The number of unbranched alkanes of at least 4 members (excludes halogenated alkanes) is 27. The zero-order chi connectivity index (χ0) is 45.8. The van der Waals surface area contributed by atoms with Crippen molar-refractivity contribution in [3.05, 3.63) is 60.8 Å². The Balaban J connectivity index is 4.36. The van der Waals surface area contributed by atoms with Gasteiger partial charge >= 0.3 is 17.9 Å². The van der Waals surface area contributed by atoms with Crippen LogP contribution in [-0.2, 0) is 28.6 Å². The molecule has 0 aromatic rings. The summed E-state index contributed by atoms with van der Waals surface area (Å²) in [6.45, 7) is 6.49. The largest absolute Gasteiger partial charge is 0.462 e. The fourth-order valence-electron chi connectivity index (χ4n) is 7.49. The molecule has 1 unspecified atom stereocenters. The van der Waals surface area contributed by atoms with E-state index in [4.69, 9.17) is 14.2 Å². The Morgan fingerprint density at radius 1 is 0.333 bits per heavy atom. The molecule has 6 nitrogen and oxygen atoms in total. The molecule has 0 fully saturated rings. The molecule has 0 heterocycles. The number of esters is 3. The van der Waals surface area contributed by atoms with Crippen molar-refractivity contribution in [2.24, 2.45) is 0 Å². The second-order valence-electron chi connectivity index (χ2n) is 17.8. The van der Waals surface area contributed by atoms with Gasteiger partial charge in [0.15, 0.2) is 6.10 Å². The lowest BCUT2D eigenvalue weighted by Crippen LogP contribution is -2.30. The van der Waals surface area contributed by atoms with Crippen LogP contribution in [0.25, 0.3) is 0 Å². The predicted molar refractivity (Wildman–Crippen MR) is 270 cm³/mol. The van der Waals surface area contributed by atoms with E-state index in [1.165, 1.54) is 135 Å². The van der Waals surface area contributed by atoms with E-state index in [-0.39, 0.29) is 31.1 Å². The highest BCUT2D eigenvalue weighted by molar-refractivity contribution is 5.71. The van der Waals surface area contributed by atoms with Crippen molar-refractivity contribution in [3.8, 4) is 0 Å². The van der Waals surface area contributed by atoms with Crippen LogP contribution < -0.4 is 0 Å². The normalized spacial score (nSPS) is 12.5. The minimum absolute atomic E-state index is 0.0868. The fraction of sp³-hybridized carbons (Fsp3) is 0.772. The highest BCUT2D eigenvalue weighted by atomic mass is 16.6. The van der Waals surface area contributed by atoms with E-state index in [9.17, 15) is 14.4 Å². The number of carbonyl (C=O) groups is 3. The minimum Gasteiger partial charge on any atom is -0.462 e. The first-order chi connectivity index (χ1) is 31.0. The van der Waals surface area contributed by atoms with E-state index >= 15 is 0 Å². The van der Waals surface area contributed by atoms with Gasteiger partial charge in [-0.3, -0.25) is 14.4 Å². The SMILES string of the molecule is CC/C=C\C/C=C\C/C=C\C/C=C\CCCCCC(=O)OC(COC(=O)CCCCCCCCC/C=C\CCCCCCCCCC)COC(=O)CCCCCCCCCCCC. The summed E-state index contributed by atoms with van der Waals surface area (Å²) in [5.74, 6) is -0.918. The van der Waals surface area contributed by atoms with Gasteiger partial charge < -0.3 is 14.2 Å². The van der Waals surface area contributed by atoms with Gasteiger partial charge in [0.25, 0.3) is 0 Å². The smallest absolute Gasteiger partial charge is 0.306 e. The molecule has 0 aromatic carbocycles. The van der Waals surface area contributed by atoms with E-state index < -0.39 is 6.10 Å². The molecule has 0 amide bonds. The van der Waals surface area contributed by atoms with Crippen LogP contribution in [0.1, 0.15) is 265 Å². The van der Waals surface area contributed by atoms with Gasteiger partial charge in [-0.25, -0.2) is 0 Å². The number of allylic oxidation sites excluding steroid dienone is 10. The molecule has 0 saturated heterocycles. The van der Waals surface area contributed by atoms with Crippen LogP contribution in [0.2, 0.25) is 0 Å². The van der Waals surface area contributed by atoms with Crippen molar-refractivity contribution in [3.63, 3.8) is 0 Å². The van der Waals surface area contributed by atoms with E-state index in [2.05, 4.69) is 81.5 Å². The average Bonchev–Trinajstić information content (AvgIpc) is 3.28. The van der Waals surface area contributed by atoms with Crippen molar-refractivity contribution in [1.29, 1.82) is 0 Å². The molecule has 0 rings (SSSR count). The van der Waals surface area contributed by atoms with Gasteiger partial charge in [-0.15, -0.1) is 0 Å². The van der Waals surface area contributed by atoms with Crippen molar-refractivity contribution in [1.82, 2.24) is 0 Å². The molecular weight excluding hydrogens is 781 g/mol. The molecule has 0 saturated carbocycles. The van der Waals surface area contributed by atoms with Crippen LogP contribution in [0.3, 0.4) is 0 Å². The maximum absolute atomic E-state index is 12.8. The first-order valence-electron chi connectivity index (χ1n) is 26.8. The molecule has 0 aromatic heterocycles. The lowest BCUT2D eigenvalue weighted by atomic mass is 10.1. The van der Waals surface area contributed by atoms with Crippen molar-refractivity contribution < 1.29 is 28.6 Å². The molecule has 63 heavy (non-hydrogen) atoms. The van der Waals surface area contributed by atoms with Crippen LogP contribution in [-0.4, -0.2) is 37.2 Å². The second kappa shape index (κ2) is 51.7. The molecule has 6 heteroatoms. The zero-order valence-electron chi connectivity index (χ0n) is 41.6. The van der Waals surface area contributed by atoms with Gasteiger partial charge in [0.2, 0.25) is 0 Å². The Morgan fingerprint density at radius 2 is 0.619 bits per heavy atom. The third-order valence-corrected chi connectivity index (χ3v) is 11.5. The standard InChI is InChI=1S/C57H100O6/c1-4-7-10-13-16-19-22-24-26-28-29-30-32-33-35-38-41-44-47-50-56(59)62-53-54(52-61-55(58)49-46-43-40-37-21-18-15-12-9-6-3)63-57(60)51-48-45-42-39-36-34-31-27-25-23-20-17-14-11-8-5-2/h8,11,17,20,25,27-29,34,36,54H,4-7,9-10,12-16,18-19,21-24,26,30-33,35,37-53H2,1-3H3/b11-8-,20-17-,27-25-,29-28-,36-34-. The van der Waals surface area contributed by atoms with Gasteiger partial charge in [0, 0.05) is 19.3 Å². The monoisotopic (exact) mass is 881 g/mol. The Labute approximate surface area is 390 Å². The zero-order valence-corrected chi connectivity index (χ0v) is 41.6. The number of hydrogen-bond acceptors (Lipinski definition) is 6. The molecule has 0 aliphatic rings. The van der Waals surface area contributed by atoms with E-state index in [0.29, 0.717) is 19.3 Å². The van der Waals surface area contributed by atoms with Gasteiger partial charge in [-0.2, -0.15) is 0 Å². The summed E-state index contributed by atoms with van der Waals surface area (Å²) in [5.41, 5.74) is 0. The molecule has 0 spiro atoms. The van der Waals surface area contributed by atoms with Crippen molar-refractivity contribution in [2.75, 3.05) is 13.2 Å². The van der Waals surface area contributed by atoms with Crippen molar-refractivity contribution >= 4 is 17.9 Å². The summed E-state index contributed by atoms with van der Waals surface area (Å²) < 4.78 is 16.8. The highest BCUT2D eigenvalue weighted by Gasteiger charge is 2.19. The summed E-state index contributed by atoms with van der Waals surface area (Å²) in [6, 6.07) is 0. The third kappa shape index (κ3) is 50.0. The van der Waals surface area contributed by atoms with Crippen LogP contribution in [0.4, 0.5) is 0 Å². The quantitative estimate of drug-likeness (QED) is 0.0262. The van der Waals surface area contributed by atoms with Gasteiger partial charge in [-0.1, -0.05) is 223 Å². The molecule has 0 radical (unpaired) electrons. The summed E-state index contributed by atoms with van der Waals surface area (Å²) in [6.07, 6.45) is 63.5. The first-order valence-corrected chi connectivity index (χ1v) is 26.8. The predicted octanol–water partition coefficient (Wildman–Crippen LogP) is 17.6. The number of carbonyl (C=O) groups excluding carboxylic acids is 3. The second-order valence-corrected chi connectivity index (χ2v) is 17.8. The Morgan fingerprint density at radius 3 is 1.00 bits per heavy atom. The van der Waals surface area contributed by atoms with Crippen LogP contribution in [0.15, 0.2) is 60.8 Å². The summed E-state index contributed by atoms with van der Waals surface area (Å²) in [5, 5.41) is 0. The molecule has 0 aliphatic heterocycles. The molecule has 1 atom stereocenters. The highest BCUT2D eigenvalue weighted by Crippen LogP contribution is 2.15. The maximum Gasteiger partial charge on any atom is 0.306 e. The Kier molecular flexibility index (Phi) is 49.4. The minimum atomic E-state index is -0.789. The lowest BCUT2D eigenvalue weighted by Gasteiger charge is -2.18. The number of ether oxygens (including phenoxy) is 3. The average molecular weight is 881 g/mol. The lowest BCUT2D eigenvalue weighted by molar-refractivity contribution is -0.167. The summed E-state index contributed by atoms with van der Waals surface area (Å²) >= 11 is 0. The maximum atomic E-state index is 12.8. The fourth-order valence-corrected chi connectivity index (χ4v) is 7.49. The summed E-state index contributed by atoms with van der Waals surface area (Å²) in [4.78, 5) is 38.0. The van der Waals surface area contributed by atoms with Gasteiger partial charge in [-0.05, 0) is 83.5 Å². The topological polar surface area (TPSA) is 78.9 Å². The Bertz CT molecular complexity index is 1150. The van der Waals surface area contributed by atoms with E-state index in [1.807, 2.05) is 0 Å². The van der Waals surface area contributed by atoms with E-state index in [1.54, 1.807) is 0 Å². The third-order valence-electron chi connectivity index (χ3n) is 11.5. The van der Waals surface area contributed by atoms with Gasteiger partial charge in [0.1, 0.15) is 13.2 Å². The summed E-state index contributed by atoms with van der Waals surface area (Å²) in [7, 11) is 0. The Hall–Kier alpha value is -2.89.